The second kappa shape index (κ2) is 9.15. The summed E-state index contributed by atoms with van der Waals surface area (Å²) in [5.74, 6) is -0.776. The maximum Gasteiger partial charge on any atom is 0.309 e. The smallest absolute Gasteiger partial charge is 0.309 e. The van der Waals surface area contributed by atoms with E-state index in [4.69, 9.17) is 0 Å². The van der Waals surface area contributed by atoms with Crippen molar-refractivity contribution in [1.82, 2.24) is 20.4 Å². The first-order valence-electron chi connectivity index (χ1n) is 8.48. The zero-order valence-electron chi connectivity index (χ0n) is 14.7. The van der Waals surface area contributed by atoms with Crippen LogP contribution >= 0.6 is 11.3 Å². The quantitative estimate of drug-likeness (QED) is 0.748. The Hall–Kier alpha value is -1.44. The molecule has 0 bridgehead atoms. The van der Waals surface area contributed by atoms with Crippen LogP contribution in [0.1, 0.15) is 25.5 Å². The number of carbonyl (C=O) groups excluding carboxylic acids is 2. The van der Waals surface area contributed by atoms with Crippen LogP contribution in [0.4, 0.5) is 0 Å². The van der Waals surface area contributed by atoms with E-state index in [1.54, 1.807) is 11.3 Å². The van der Waals surface area contributed by atoms with Crippen LogP contribution in [0.2, 0.25) is 0 Å². The van der Waals surface area contributed by atoms with Gasteiger partial charge in [-0.05, 0) is 35.4 Å². The molecule has 0 spiro atoms. The topological polar surface area (TPSA) is 64.7 Å². The molecule has 0 aliphatic carbocycles. The van der Waals surface area contributed by atoms with Gasteiger partial charge in [0.1, 0.15) is 0 Å². The van der Waals surface area contributed by atoms with Gasteiger partial charge in [0, 0.05) is 39.3 Å². The maximum absolute atomic E-state index is 12.0. The molecule has 1 saturated heterocycles. The van der Waals surface area contributed by atoms with Gasteiger partial charge in [0.2, 0.25) is 0 Å². The van der Waals surface area contributed by atoms with E-state index in [-0.39, 0.29) is 6.04 Å². The van der Waals surface area contributed by atoms with Crippen molar-refractivity contribution in [3.63, 3.8) is 0 Å². The van der Waals surface area contributed by atoms with Gasteiger partial charge in [0.05, 0.1) is 6.04 Å². The Kier molecular flexibility index (Phi) is 7.20. The third kappa shape index (κ3) is 5.58. The molecular weight excluding hydrogens is 324 g/mol. The van der Waals surface area contributed by atoms with E-state index in [2.05, 4.69) is 44.3 Å². The molecule has 1 aromatic heterocycles. The van der Waals surface area contributed by atoms with E-state index >= 15 is 0 Å². The first-order valence-corrected chi connectivity index (χ1v) is 9.42. The standard InChI is InChI=1S/C17H28N4O2S/c1-13(2)10-18-16(22)17(23)19-11-15(14-4-9-24-12-14)21-7-5-20(3)6-8-21/h4,9,12-13,15H,5-8,10-11H2,1-3H3,(H,18,22)(H,19,23). The Morgan fingerprint density at radius 2 is 1.75 bits per heavy atom. The minimum Gasteiger partial charge on any atom is -0.348 e. The van der Waals surface area contributed by atoms with Crippen LogP contribution in [-0.2, 0) is 9.59 Å². The predicted molar refractivity (Wildman–Crippen MR) is 97.0 cm³/mol. The minimum absolute atomic E-state index is 0.117. The van der Waals surface area contributed by atoms with Gasteiger partial charge in [-0.3, -0.25) is 14.5 Å². The highest BCUT2D eigenvalue weighted by Gasteiger charge is 2.25. The molecule has 0 saturated carbocycles. The monoisotopic (exact) mass is 352 g/mol. The lowest BCUT2D eigenvalue weighted by atomic mass is 10.1. The van der Waals surface area contributed by atoms with Gasteiger partial charge in [-0.1, -0.05) is 13.8 Å². The van der Waals surface area contributed by atoms with Crippen molar-refractivity contribution < 1.29 is 9.59 Å². The van der Waals surface area contributed by atoms with Gasteiger partial charge >= 0.3 is 11.8 Å². The van der Waals surface area contributed by atoms with Crippen LogP contribution in [0.5, 0.6) is 0 Å². The molecular formula is C17H28N4O2S. The lowest BCUT2D eigenvalue weighted by Gasteiger charge is -2.37. The molecule has 0 radical (unpaired) electrons. The fourth-order valence-electron chi connectivity index (χ4n) is 2.70. The van der Waals surface area contributed by atoms with Crippen molar-refractivity contribution >= 4 is 23.2 Å². The van der Waals surface area contributed by atoms with Gasteiger partial charge in [-0.25, -0.2) is 0 Å². The van der Waals surface area contributed by atoms with Crippen molar-refractivity contribution in [2.45, 2.75) is 19.9 Å². The van der Waals surface area contributed by atoms with Crippen molar-refractivity contribution in [3.05, 3.63) is 22.4 Å². The predicted octanol–water partition coefficient (Wildman–Crippen LogP) is 0.925. The van der Waals surface area contributed by atoms with Gasteiger partial charge in [-0.15, -0.1) is 0 Å². The van der Waals surface area contributed by atoms with Crippen molar-refractivity contribution in [2.75, 3.05) is 46.3 Å². The summed E-state index contributed by atoms with van der Waals surface area (Å²) in [6.07, 6.45) is 0. The number of amides is 2. The normalized spacial score (nSPS) is 17.7. The SMILES string of the molecule is CC(C)CNC(=O)C(=O)NCC(c1ccsc1)N1CCN(C)CC1. The van der Waals surface area contributed by atoms with E-state index in [0.717, 1.165) is 26.2 Å². The summed E-state index contributed by atoms with van der Waals surface area (Å²) in [7, 11) is 2.12. The van der Waals surface area contributed by atoms with Crippen molar-refractivity contribution in [1.29, 1.82) is 0 Å². The molecule has 1 atom stereocenters. The lowest BCUT2D eigenvalue weighted by Crippen LogP contribution is -2.49. The van der Waals surface area contributed by atoms with E-state index in [9.17, 15) is 9.59 Å². The molecule has 1 fully saturated rings. The number of piperazine rings is 1. The number of rotatable bonds is 6. The molecule has 1 aromatic rings. The van der Waals surface area contributed by atoms with Crippen LogP contribution in [-0.4, -0.2) is 67.9 Å². The summed E-state index contributed by atoms with van der Waals surface area (Å²) in [6, 6.07) is 2.21. The summed E-state index contributed by atoms with van der Waals surface area (Å²) < 4.78 is 0. The summed E-state index contributed by atoms with van der Waals surface area (Å²) in [6.45, 7) is 8.93. The molecule has 2 amide bonds. The Bertz CT molecular complexity index is 525. The highest BCUT2D eigenvalue weighted by molar-refractivity contribution is 7.07. The lowest BCUT2D eigenvalue weighted by molar-refractivity contribution is -0.139. The van der Waals surface area contributed by atoms with E-state index in [1.807, 2.05) is 13.8 Å². The molecule has 134 valence electrons. The van der Waals surface area contributed by atoms with Crippen molar-refractivity contribution in [2.24, 2.45) is 5.92 Å². The highest BCUT2D eigenvalue weighted by atomic mass is 32.1. The van der Waals surface area contributed by atoms with Crippen LogP contribution in [0.15, 0.2) is 16.8 Å². The number of likely N-dealkylation sites (N-methyl/N-ethyl adjacent to an activating group) is 1. The molecule has 2 rings (SSSR count). The summed E-state index contributed by atoms with van der Waals surface area (Å²) in [4.78, 5) is 28.5. The van der Waals surface area contributed by atoms with E-state index in [1.165, 1.54) is 5.56 Å². The number of thiophene rings is 1. The fraction of sp³-hybridized carbons (Fsp3) is 0.647. The zero-order valence-corrected chi connectivity index (χ0v) is 15.6. The molecule has 1 aliphatic heterocycles. The Labute approximate surface area is 148 Å². The number of nitrogens with one attached hydrogen (secondary N) is 2. The molecule has 1 aliphatic rings. The van der Waals surface area contributed by atoms with Crippen molar-refractivity contribution in [3.8, 4) is 0 Å². The maximum atomic E-state index is 12.0. The second-order valence-corrected chi connectivity index (χ2v) is 7.51. The Balaban J connectivity index is 1.91. The van der Waals surface area contributed by atoms with E-state index < -0.39 is 11.8 Å². The van der Waals surface area contributed by atoms with Gasteiger partial charge in [0.25, 0.3) is 0 Å². The molecule has 6 nitrogen and oxygen atoms in total. The molecule has 0 aromatic carbocycles. The third-order valence-corrected chi connectivity index (χ3v) is 4.94. The van der Waals surface area contributed by atoms with Gasteiger partial charge < -0.3 is 15.5 Å². The average Bonchev–Trinajstić information content (AvgIpc) is 3.08. The summed E-state index contributed by atoms with van der Waals surface area (Å²) in [5, 5.41) is 9.63. The third-order valence-electron chi connectivity index (χ3n) is 4.24. The Morgan fingerprint density at radius 3 is 2.29 bits per heavy atom. The van der Waals surface area contributed by atoms with Gasteiger partial charge in [-0.2, -0.15) is 11.3 Å². The summed E-state index contributed by atoms with van der Waals surface area (Å²) >= 11 is 1.66. The first kappa shape index (κ1) is 18.9. The number of carbonyl (C=O) groups is 2. The molecule has 2 heterocycles. The molecule has 7 heteroatoms. The minimum atomic E-state index is -0.551. The highest BCUT2D eigenvalue weighted by Crippen LogP contribution is 2.23. The Morgan fingerprint density at radius 1 is 1.12 bits per heavy atom. The van der Waals surface area contributed by atoms with Crippen LogP contribution in [0.25, 0.3) is 0 Å². The zero-order chi connectivity index (χ0) is 17.5. The second-order valence-electron chi connectivity index (χ2n) is 6.73. The largest absolute Gasteiger partial charge is 0.348 e. The van der Waals surface area contributed by atoms with Gasteiger partial charge in [0.15, 0.2) is 0 Å². The average molecular weight is 353 g/mol. The van der Waals surface area contributed by atoms with Crippen LogP contribution in [0, 0.1) is 5.92 Å². The summed E-state index contributed by atoms with van der Waals surface area (Å²) in [5.41, 5.74) is 1.20. The van der Waals surface area contributed by atoms with E-state index in [0.29, 0.717) is 19.0 Å². The fourth-order valence-corrected chi connectivity index (χ4v) is 3.41. The van der Waals surface area contributed by atoms with Crippen LogP contribution in [0.3, 0.4) is 0 Å². The number of hydrogen-bond donors (Lipinski definition) is 2. The number of hydrogen-bond acceptors (Lipinski definition) is 5. The molecule has 1 unspecified atom stereocenters. The molecule has 2 N–H and O–H groups in total. The number of nitrogens with zero attached hydrogens (tertiary/aromatic N) is 2. The van der Waals surface area contributed by atoms with Crippen LogP contribution < -0.4 is 10.6 Å². The molecule has 24 heavy (non-hydrogen) atoms. The first-order chi connectivity index (χ1) is 11.5.